The van der Waals surface area contributed by atoms with Crippen molar-refractivity contribution in [1.29, 1.82) is 0 Å². The fourth-order valence-corrected chi connectivity index (χ4v) is 3.75. The molecule has 0 unspecified atom stereocenters. The minimum atomic E-state index is -0.391. The van der Waals surface area contributed by atoms with E-state index in [0.29, 0.717) is 10.1 Å². The number of rotatable bonds is 7. The summed E-state index contributed by atoms with van der Waals surface area (Å²) in [5.74, 6) is 0.738. The zero-order valence-corrected chi connectivity index (χ0v) is 17.6. The molecule has 158 valence electrons. The molecule has 2 aromatic carbocycles. The van der Waals surface area contributed by atoms with Crippen LogP contribution in [-0.4, -0.2) is 24.3 Å². The van der Waals surface area contributed by atoms with Crippen LogP contribution in [0.4, 0.5) is 0 Å². The largest absolute Gasteiger partial charge is 0.504 e. The van der Waals surface area contributed by atoms with Crippen molar-refractivity contribution in [2.75, 3.05) is 14.2 Å². The Morgan fingerprint density at radius 3 is 2.55 bits per heavy atom. The molecular formula is C23H19NO6S. The first kappa shape index (κ1) is 20.6. The number of nitrogens with zero attached hydrogens (tertiary/aromatic N) is 1. The highest BCUT2D eigenvalue weighted by atomic mass is 32.2. The van der Waals surface area contributed by atoms with Crippen molar-refractivity contribution in [1.82, 2.24) is 4.98 Å². The summed E-state index contributed by atoms with van der Waals surface area (Å²) in [7, 11) is 3.00. The van der Waals surface area contributed by atoms with Gasteiger partial charge in [-0.3, -0.25) is 4.79 Å². The van der Waals surface area contributed by atoms with Gasteiger partial charge in [0.2, 0.25) is 5.75 Å². The van der Waals surface area contributed by atoms with E-state index in [-0.39, 0.29) is 34.8 Å². The Labute approximate surface area is 182 Å². The number of pyridine rings is 1. The second-order valence-corrected chi connectivity index (χ2v) is 7.49. The van der Waals surface area contributed by atoms with Crippen molar-refractivity contribution in [2.45, 2.75) is 16.7 Å². The maximum atomic E-state index is 12.7. The van der Waals surface area contributed by atoms with E-state index in [0.717, 1.165) is 11.3 Å². The third-order valence-corrected chi connectivity index (χ3v) is 5.34. The van der Waals surface area contributed by atoms with E-state index in [1.54, 1.807) is 25.4 Å². The number of aromatic hydroxyl groups is 1. The zero-order chi connectivity index (χ0) is 21.8. The van der Waals surface area contributed by atoms with Crippen LogP contribution in [0.5, 0.6) is 23.0 Å². The zero-order valence-electron chi connectivity index (χ0n) is 16.8. The van der Waals surface area contributed by atoms with Gasteiger partial charge in [-0.1, -0.05) is 18.2 Å². The molecule has 0 saturated carbocycles. The Morgan fingerprint density at radius 2 is 1.87 bits per heavy atom. The summed E-state index contributed by atoms with van der Waals surface area (Å²) in [6.45, 7) is 0.220. The van der Waals surface area contributed by atoms with Crippen molar-refractivity contribution in [3.8, 4) is 23.0 Å². The molecule has 0 saturated heterocycles. The van der Waals surface area contributed by atoms with Crippen LogP contribution in [-0.2, 0) is 6.61 Å². The topological polar surface area (TPSA) is 91.0 Å². The SMILES string of the molecule is COc1ccc(COc2cc3oc(Sc4ccccn4)cc(=O)c3c(O)c2OC)cc1. The summed E-state index contributed by atoms with van der Waals surface area (Å²) in [6, 6.07) is 15.7. The van der Waals surface area contributed by atoms with Crippen molar-refractivity contribution in [3.05, 3.63) is 76.6 Å². The van der Waals surface area contributed by atoms with Crippen molar-refractivity contribution in [3.63, 3.8) is 0 Å². The van der Waals surface area contributed by atoms with Crippen molar-refractivity contribution < 1.29 is 23.7 Å². The Bertz CT molecular complexity index is 1260. The van der Waals surface area contributed by atoms with Crippen LogP contribution in [0.2, 0.25) is 0 Å². The van der Waals surface area contributed by atoms with E-state index in [4.69, 9.17) is 18.6 Å². The monoisotopic (exact) mass is 437 g/mol. The van der Waals surface area contributed by atoms with Crippen molar-refractivity contribution >= 4 is 22.7 Å². The summed E-state index contributed by atoms with van der Waals surface area (Å²) >= 11 is 1.21. The first-order valence-electron chi connectivity index (χ1n) is 9.31. The quantitative estimate of drug-likeness (QED) is 0.447. The molecule has 0 amide bonds. The number of fused-ring (bicyclic) bond motifs is 1. The molecule has 0 aliphatic rings. The van der Waals surface area contributed by atoms with Gasteiger partial charge in [0, 0.05) is 18.3 Å². The number of methoxy groups -OCH3 is 2. The van der Waals surface area contributed by atoms with Gasteiger partial charge in [-0.2, -0.15) is 0 Å². The molecular weight excluding hydrogens is 418 g/mol. The minimum Gasteiger partial charge on any atom is -0.504 e. The fourth-order valence-electron chi connectivity index (χ4n) is 2.99. The molecule has 0 spiro atoms. The van der Waals surface area contributed by atoms with Gasteiger partial charge in [0.15, 0.2) is 22.0 Å². The van der Waals surface area contributed by atoms with Gasteiger partial charge in [0.25, 0.3) is 0 Å². The highest BCUT2D eigenvalue weighted by Gasteiger charge is 2.20. The molecule has 0 aliphatic heterocycles. The van der Waals surface area contributed by atoms with Crippen LogP contribution in [0, 0.1) is 0 Å². The molecule has 1 N–H and O–H groups in total. The molecule has 0 bridgehead atoms. The lowest BCUT2D eigenvalue weighted by Gasteiger charge is -2.14. The number of hydrogen-bond donors (Lipinski definition) is 1. The molecule has 0 aliphatic carbocycles. The Kier molecular flexibility index (Phi) is 5.99. The Balaban J connectivity index is 1.69. The first-order valence-corrected chi connectivity index (χ1v) is 10.1. The number of aromatic nitrogens is 1. The average molecular weight is 437 g/mol. The molecule has 2 aromatic heterocycles. The maximum absolute atomic E-state index is 12.7. The van der Waals surface area contributed by atoms with Crippen LogP contribution in [0.3, 0.4) is 0 Å². The summed E-state index contributed by atoms with van der Waals surface area (Å²) in [5.41, 5.74) is 0.689. The summed E-state index contributed by atoms with van der Waals surface area (Å²) in [5, 5.41) is 11.7. The van der Waals surface area contributed by atoms with Gasteiger partial charge < -0.3 is 23.7 Å². The predicted molar refractivity (Wildman–Crippen MR) is 116 cm³/mol. The second kappa shape index (κ2) is 9.01. The summed E-state index contributed by atoms with van der Waals surface area (Å²) in [6.07, 6.45) is 1.66. The standard InChI is InChI=1S/C23H19NO6S/c1-27-15-8-6-14(7-9-15)13-29-18-12-17-21(22(26)23(18)28-2)16(25)11-20(30-17)31-19-5-3-4-10-24-19/h3-12,26H,13H2,1-2H3. The van der Waals surface area contributed by atoms with E-state index in [1.807, 2.05) is 36.4 Å². The van der Waals surface area contributed by atoms with E-state index in [9.17, 15) is 9.90 Å². The van der Waals surface area contributed by atoms with Gasteiger partial charge in [0.05, 0.1) is 14.2 Å². The van der Waals surface area contributed by atoms with Crippen LogP contribution in [0.25, 0.3) is 11.0 Å². The highest BCUT2D eigenvalue weighted by molar-refractivity contribution is 7.99. The summed E-state index contributed by atoms with van der Waals surface area (Å²) in [4.78, 5) is 16.9. The molecule has 31 heavy (non-hydrogen) atoms. The van der Waals surface area contributed by atoms with E-state index < -0.39 is 5.43 Å². The van der Waals surface area contributed by atoms with Crippen molar-refractivity contribution in [2.24, 2.45) is 0 Å². The second-order valence-electron chi connectivity index (χ2n) is 6.47. The number of ether oxygens (including phenoxy) is 3. The summed E-state index contributed by atoms with van der Waals surface area (Å²) < 4.78 is 22.2. The Morgan fingerprint density at radius 1 is 1.06 bits per heavy atom. The molecule has 7 nitrogen and oxygen atoms in total. The minimum absolute atomic E-state index is 0.0269. The first-order chi connectivity index (χ1) is 15.1. The molecule has 0 radical (unpaired) electrons. The number of hydrogen-bond acceptors (Lipinski definition) is 8. The van der Waals surface area contributed by atoms with Crippen LogP contribution in [0.15, 0.2) is 80.1 Å². The van der Waals surface area contributed by atoms with E-state index >= 15 is 0 Å². The van der Waals surface area contributed by atoms with Crippen LogP contribution < -0.4 is 19.6 Å². The van der Waals surface area contributed by atoms with Gasteiger partial charge in [-0.15, -0.1) is 0 Å². The smallest absolute Gasteiger partial charge is 0.204 e. The third kappa shape index (κ3) is 4.44. The Hall–Kier alpha value is -3.65. The molecule has 0 fully saturated rings. The number of phenols is 1. The maximum Gasteiger partial charge on any atom is 0.204 e. The number of benzene rings is 2. The molecule has 8 heteroatoms. The lowest BCUT2D eigenvalue weighted by molar-refractivity contribution is 0.277. The van der Waals surface area contributed by atoms with E-state index in [2.05, 4.69) is 4.98 Å². The molecule has 4 rings (SSSR count). The van der Waals surface area contributed by atoms with Gasteiger partial charge >= 0.3 is 0 Å². The lowest BCUT2D eigenvalue weighted by Crippen LogP contribution is -2.04. The molecule has 4 aromatic rings. The van der Waals surface area contributed by atoms with Crippen LogP contribution in [0.1, 0.15) is 5.56 Å². The van der Waals surface area contributed by atoms with Gasteiger partial charge in [0.1, 0.15) is 28.4 Å². The average Bonchev–Trinajstić information content (AvgIpc) is 2.78. The predicted octanol–water partition coefficient (Wildman–Crippen LogP) is 4.64. The number of phenolic OH excluding ortho intramolecular Hbond substituents is 1. The van der Waals surface area contributed by atoms with Gasteiger partial charge in [-0.05, 0) is 41.6 Å². The molecule has 0 atom stereocenters. The normalized spacial score (nSPS) is 10.8. The van der Waals surface area contributed by atoms with Gasteiger partial charge in [-0.25, -0.2) is 4.98 Å². The van der Waals surface area contributed by atoms with Crippen LogP contribution >= 0.6 is 11.8 Å². The molecule has 2 heterocycles. The highest BCUT2D eigenvalue weighted by Crippen LogP contribution is 2.42. The third-order valence-electron chi connectivity index (χ3n) is 4.49. The fraction of sp³-hybridized carbons (Fsp3) is 0.130. The van der Waals surface area contributed by atoms with E-state index in [1.165, 1.54) is 24.9 Å². The lowest BCUT2D eigenvalue weighted by atomic mass is 10.2.